The molecule has 3 nitrogen and oxygen atoms in total. The number of hydrogen-bond acceptors (Lipinski definition) is 2. The zero-order chi connectivity index (χ0) is 9.80. The zero-order valence-electron chi connectivity index (χ0n) is 8.05. The average molecular weight is 188 g/mol. The second-order valence-corrected chi connectivity index (χ2v) is 3.12. The second kappa shape index (κ2) is 3.96. The molecule has 2 rings (SSSR count). The van der Waals surface area contributed by atoms with Crippen molar-refractivity contribution in [1.29, 1.82) is 0 Å². The summed E-state index contributed by atoms with van der Waals surface area (Å²) in [5.74, 6) is 0.786. The predicted molar refractivity (Wildman–Crippen MR) is 54.0 cm³/mol. The molecule has 1 aromatic carbocycles. The van der Waals surface area contributed by atoms with E-state index in [0.717, 1.165) is 11.4 Å². The van der Waals surface area contributed by atoms with Gasteiger partial charge in [-0.2, -0.15) is 0 Å². The van der Waals surface area contributed by atoms with Gasteiger partial charge in [-0.15, -0.1) is 0 Å². The lowest BCUT2D eigenvalue weighted by Crippen LogP contribution is -1.98. The minimum atomic E-state index is 0.584. The first-order chi connectivity index (χ1) is 6.86. The van der Waals surface area contributed by atoms with Gasteiger partial charge in [-0.05, 0) is 5.56 Å². The van der Waals surface area contributed by atoms with E-state index in [1.165, 1.54) is 0 Å². The van der Waals surface area contributed by atoms with Crippen LogP contribution in [0.5, 0.6) is 5.88 Å². The highest BCUT2D eigenvalue weighted by atomic mass is 16.5. The van der Waals surface area contributed by atoms with Crippen molar-refractivity contribution in [2.24, 2.45) is 7.05 Å². The fourth-order valence-corrected chi connectivity index (χ4v) is 1.22. The molecule has 0 aliphatic heterocycles. The third-order valence-electron chi connectivity index (χ3n) is 2.00. The summed E-state index contributed by atoms with van der Waals surface area (Å²) < 4.78 is 7.41. The Hall–Kier alpha value is -1.77. The Morgan fingerprint density at radius 3 is 2.71 bits per heavy atom. The summed E-state index contributed by atoms with van der Waals surface area (Å²) >= 11 is 0. The van der Waals surface area contributed by atoms with Gasteiger partial charge in [0.05, 0.1) is 12.5 Å². The Balaban J connectivity index is 1.99. The Bertz CT molecular complexity index is 395. The van der Waals surface area contributed by atoms with Crippen molar-refractivity contribution in [2.45, 2.75) is 6.61 Å². The number of imidazole rings is 1. The summed E-state index contributed by atoms with van der Waals surface area (Å²) in [5.41, 5.74) is 1.16. The van der Waals surface area contributed by atoms with Crippen LogP contribution in [-0.4, -0.2) is 9.55 Å². The van der Waals surface area contributed by atoms with Crippen molar-refractivity contribution in [2.75, 3.05) is 0 Å². The topological polar surface area (TPSA) is 27.1 Å². The Morgan fingerprint density at radius 2 is 2.07 bits per heavy atom. The lowest BCUT2D eigenvalue weighted by molar-refractivity contribution is 0.284. The zero-order valence-corrected chi connectivity index (χ0v) is 8.05. The summed E-state index contributed by atoms with van der Waals surface area (Å²) in [6, 6.07) is 10.1. The van der Waals surface area contributed by atoms with Crippen molar-refractivity contribution in [3.63, 3.8) is 0 Å². The number of aryl methyl sites for hydroxylation is 1. The van der Waals surface area contributed by atoms with E-state index < -0.39 is 0 Å². The van der Waals surface area contributed by atoms with Gasteiger partial charge in [0.25, 0.3) is 0 Å². The summed E-state index contributed by atoms with van der Waals surface area (Å²) in [6.45, 7) is 0.584. The molecule has 0 N–H and O–H groups in total. The van der Waals surface area contributed by atoms with Gasteiger partial charge in [0.1, 0.15) is 6.61 Å². The van der Waals surface area contributed by atoms with E-state index >= 15 is 0 Å². The Labute approximate surface area is 83.0 Å². The molecular formula is C11H12N2O. The van der Waals surface area contributed by atoms with Crippen LogP contribution in [0.25, 0.3) is 0 Å². The molecule has 1 heterocycles. The molecule has 0 atom stereocenters. The van der Waals surface area contributed by atoms with Crippen LogP contribution in [0.2, 0.25) is 0 Å². The van der Waals surface area contributed by atoms with Crippen LogP contribution in [-0.2, 0) is 13.7 Å². The maximum absolute atomic E-state index is 5.56. The van der Waals surface area contributed by atoms with Gasteiger partial charge in [0, 0.05) is 7.05 Å². The molecule has 72 valence electrons. The van der Waals surface area contributed by atoms with E-state index in [9.17, 15) is 0 Å². The number of rotatable bonds is 3. The first kappa shape index (κ1) is 8.81. The fraction of sp³-hybridized carbons (Fsp3) is 0.182. The van der Waals surface area contributed by atoms with Gasteiger partial charge in [0.2, 0.25) is 5.88 Å². The van der Waals surface area contributed by atoms with Crippen molar-refractivity contribution in [3.8, 4) is 5.88 Å². The largest absolute Gasteiger partial charge is 0.473 e. The minimum absolute atomic E-state index is 0.584. The van der Waals surface area contributed by atoms with Crippen molar-refractivity contribution < 1.29 is 4.74 Å². The molecular weight excluding hydrogens is 176 g/mol. The summed E-state index contributed by atoms with van der Waals surface area (Å²) in [6.07, 6.45) is 3.43. The molecule has 0 saturated carbocycles. The number of ether oxygens (including phenoxy) is 1. The molecule has 0 bridgehead atoms. The van der Waals surface area contributed by atoms with E-state index in [1.807, 2.05) is 41.9 Å². The number of hydrogen-bond donors (Lipinski definition) is 0. The second-order valence-electron chi connectivity index (χ2n) is 3.12. The van der Waals surface area contributed by atoms with Crippen LogP contribution in [0, 0.1) is 0 Å². The first-order valence-electron chi connectivity index (χ1n) is 4.49. The maximum Gasteiger partial charge on any atom is 0.213 e. The van der Waals surface area contributed by atoms with Gasteiger partial charge >= 0.3 is 0 Å². The highest BCUT2D eigenvalue weighted by Gasteiger charge is 1.98. The van der Waals surface area contributed by atoms with Crippen LogP contribution in [0.1, 0.15) is 5.56 Å². The van der Waals surface area contributed by atoms with Gasteiger partial charge < -0.3 is 9.30 Å². The lowest BCUT2D eigenvalue weighted by atomic mass is 10.2. The third kappa shape index (κ3) is 1.93. The first-order valence-corrected chi connectivity index (χ1v) is 4.49. The molecule has 0 radical (unpaired) electrons. The van der Waals surface area contributed by atoms with Gasteiger partial charge in [-0.25, -0.2) is 4.98 Å². The molecule has 1 aromatic heterocycles. The molecule has 3 heteroatoms. The molecule has 0 spiro atoms. The van der Waals surface area contributed by atoms with Gasteiger partial charge in [-0.3, -0.25) is 0 Å². The monoisotopic (exact) mass is 188 g/mol. The van der Waals surface area contributed by atoms with Crippen LogP contribution < -0.4 is 4.74 Å². The van der Waals surface area contributed by atoms with Crippen LogP contribution >= 0.6 is 0 Å². The lowest BCUT2D eigenvalue weighted by Gasteiger charge is -2.05. The van der Waals surface area contributed by atoms with Crippen molar-refractivity contribution >= 4 is 0 Å². The fourth-order valence-electron chi connectivity index (χ4n) is 1.22. The van der Waals surface area contributed by atoms with E-state index in [2.05, 4.69) is 4.98 Å². The summed E-state index contributed by atoms with van der Waals surface area (Å²) in [7, 11) is 1.91. The standard InChI is InChI=1S/C11H12N2O/c1-13-9-12-7-11(13)14-8-10-5-3-2-4-6-10/h2-7,9H,8H2,1H3. The molecule has 14 heavy (non-hydrogen) atoms. The molecule has 0 unspecified atom stereocenters. The molecule has 0 saturated heterocycles. The normalized spacial score (nSPS) is 10.1. The van der Waals surface area contributed by atoms with Gasteiger partial charge in [0.15, 0.2) is 0 Å². The van der Waals surface area contributed by atoms with Crippen LogP contribution in [0.4, 0.5) is 0 Å². The van der Waals surface area contributed by atoms with E-state index in [0.29, 0.717) is 6.61 Å². The molecule has 0 fully saturated rings. The van der Waals surface area contributed by atoms with Gasteiger partial charge in [-0.1, -0.05) is 30.3 Å². The van der Waals surface area contributed by atoms with E-state index in [-0.39, 0.29) is 0 Å². The molecule has 2 aromatic rings. The van der Waals surface area contributed by atoms with Crippen LogP contribution in [0.3, 0.4) is 0 Å². The number of benzene rings is 1. The van der Waals surface area contributed by atoms with E-state index in [1.54, 1.807) is 12.5 Å². The molecule has 0 aliphatic carbocycles. The highest BCUT2D eigenvalue weighted by molar-refractivity contribution is 5.15. The number of nitrogens with zero attached hydrogens (tertiary/aromatic N) is 2. The summed E-state index contributed by atoms with van der Waals surface area (Å²) in [5, 5.41) is 0. The predicted octanol–water partition coefficient (Wildman–Crippen LogP) is 2.00. The molecule has 0 aliphatic rings. The van der Waals surface area contributed by atoms with Crippen molar-refractivity contribution in [1.82, 2.24) is 9.55 Å². The highest BCUT2D eigenvalue weighted by Crippen LogP contribution is 2.09. The summed E-state index contributed by atoms with van der Waals surface area (Å²) in [4.78, 5) is 3.97. The third-order valence-corrected chi connectivity index (χ3v) is 2.00. The average Bonchev–Trinajstić information content (AvgIpc) is 2.63. The molecule has 0 amide bonds. The smallest absolute Gasteiger partial charge is 0.213 e. The maximum atomic E-state index is 5.56. The SMILES string of the molecule is Cn1cncc1OCc1ccccc1. The Kier molecular flexibility index (Phi) is 2.49. The minimum Gasteiger partial charge on any atom is -0.473 e. The quantitative estimate of drug-likeness (QED) is 0.736. The van der Waals surface area contributed by atoms with Crippen molar-refractivity contribution in [3.05, 3.63) is 48.4 Å². The number of aromatic nitrogens is 2. The van der Waals surface area contributed by atoms with Crippen LogP contribution in [0.15, 0.2) is 42.9 Å². The van der Waals surface area contributed by atoms with E-state index in [4.69, 9.17) is 4.74 Å². The Morgan fingerprint density at radius 1 is 1.29 bits per heavy atom.